The summed E-state index contributed by atoms with van der Waals surface area (Å²) in [5, 5.41) is 3.55. The first kappa shape index (κ1) is 16.8. The Morgan fingerprint density at radius 3 is 2.86 bits per heavy atom. The second-order valence-corrected chi connectivity index (χ2v) is 7.06. The zero-order valence-electron chi connectivity index (χ0n) is 13.5. The van der Waals surface area contributed by atoms with Crippen LogP contribution in [0.5, 0.6) is 0 Å². The first-order chi connectivity index (χ1) is 10.2. The number of nitrogens with zero attached hydrogens (tertiary/aromatic N) is 1. The van der Waals surface area contributed by atoms with E-state index in [4.69, 9.17) is 0 Å². The van der Waals surface area contributed by atoms with E-state index in [0.29, 0.717) is 0 Å². The summed E-state index contributed by atoms with van der Waals surface area (Å²) < 4.78 is 1.18. The van der Waals surface area contributed by atoms with Crippen LogP contribution in [0.1, 0.15) is 51.5 Å². The highest BCUT2D eigenvalue weighted by molar-refractivity contribution is 9.10. The highest BCUT2D eigenvalue weighted by Crippen LogP contribution is 2.29. The van der Waals surface area contributed by atoms with Crippen molar-refractivity contribution >= 4 is 21.6 Å². The summed E-state index contributed by atoms with van der Waals surface area (Å²) in [4.78, 5) is 2.60. The monoisotopic (exact) mass is 352 g/mol. The zero-order valence-corrected chi connectivity index (χ0v) is 15.1. The fourth-order valence-electron chi connectivity index (χ4n) is 3.22. The van der Waals surface area contributed by atoms with Gasteiger partial charge in [-0.2, -0.15) is 0 Å². The van der Waals surface area contributed by atoms with E-state index in [1.54, 1.807) is 0 Å². The third-order valence-electron chi connectivity index (χ3n) is 4.55. The van der Waals surface area contributed by atoms with E-state index in [1.807, 2.05) is 0 Å². The molecule has 0 amide bonds. The largest absolute Gasteiger partial charge is 0.371 e. The SMILES string of the molecule is CCCNCc1cc(Br)ccc1N1CCCC(CC)CC1. The van der Waals surface area contributed by atoms with Gasteiger partial charge in [0, 0.05) is 29.8 Å². The summed E-state index contributed by atoms with van der Waals surface area (Å²) in [6.07, 6.45) is 6.59. The van der Waals surface area contributed by atoms with Crippen LogP contribution in [0.4, 0.5) is 5.69 Å². The molecule has 21 heavy (non-hydrogen) atoms. The van der Waals surface area contributed by atoms with Crippen molar-refractivity contribution in [2.45, 2.75) is 52.5 Å². The summed E-state index contributed by atoms with van der Waals surface area (Å²) in [6.45, 7) is 9.02. The Labute approximate surface area is 138 Å². The van der Waals surface area contributed by atoms with Gasteiger partial charge in [0.2, 0.25) is 0 Å². The van der Waals surface area contributed by atoms with Gasteiger partial charge < -0.3 is 10.2 Å². The van der Waals surface area contributed by atoms with Crippen LogP contribution in [0.2, 0.25) is 0 Å². The Bertz CT molecular complexity index is 433. The van der Waals surface area contributed by atoms with Crippen molar-refractivity contribution in [3.8, 4) is 0 Å². The van der Waals surface area contributed by atoms with E-state index in [9.17, 15) is 0 Å². The van der Waals surface area contributed by atoms with Crippen molar-refractivity contribution in [1.82, 2.24) is 5.32 Å². The molecule has 2 rings (SSSR count). The molecule has 1 aliphatic rings. The van der Waals surface area contributed by atoms with Crippen molar-refractivity contribution in [3.63, 3.8) is 0 Å². The quantitative estimate of drug-likeness (QED) is 0.727. The van der Waals surface area contributed by atoms with Crippen molar-refractivity contribution in [3.05, 3.63) is 28.2 Å². The minimum atomic E-state index is 0.923. The zero-order chi connectivity index (χ0) is 15.1. The second kappa shape index (κ2) is 8.79. The smallest absolute Gasteiger partial charge is 0.0412 e. The van der Waals surface area contributed by atoms with E-state index in [0.717, 1.165) is 19.0 Å². The maximum Gasteiger partial charge on any atom is 0.0412 e. The lowest BCUT2D eigenvalue weighted by molar-refractivity contribution is 0.459. The molecule has 0 bridgehead atoms. The van der Waals surface area contributed by atoms with Gasteiger partial charge in [-0.3, -0.25) is 0 Å². The molecule has 0 radical (unpaired) electrons. The minimum Gasteiger partial charge on any atom is -0.371 e. The van der Waals surface area contributed by atoms with Crippen LogP contribution in [0.3, 0.4) is 0 Å². The number of benzene rings is 1. The number of halogens is 1. The Hall–Kier alpha value is -0.540. The third kappa shape index (κ3) is 5.00. The van der Waals surface area contributed by atoms with Gasteiger partial charge in [0.05, 0.1) is 0 Å². The van der Waals surface area contributed by atoms with Crippen molar-refractivity contribution in [1.29, 1.82) is 0 Å². The molecular formula is C18H29BrN2. The van der Waals surface area contributed by atoms with Crippen LogP contribution in [-0.4, -0.2) is 19.6 Å². The predicted molar refractivity (Wildman–Crippen MR) is 96.0 cm³/mol. The van der Waals surface area contributed by atoms with E-state index in [2.05, 4.69) is 58.2 Å². The standard InChI is InChI=1S/C18H29BrN2/c1-3-10-20-14-16-13-17(19)7-8-18(16)21-11-5-6-15(4-2)9-12-21/h7-8,13,15,20H,3-6,9-12,14H2,1-2H3. The molecule has 1 saturated heterocycles. The highest BCUT2D eigenvalue weighted by atomic mass is 79.9. The number of anilines is 1. The molecule has 1 heterocycles. The van der Waals surface area contributed by atoms with Gasteiger partial charge in [0.15, 0.2) is 0 Å². The second-order valence-electron chi connectivity index (χ2n) is 6.14. The highest BCUT2D eigenvalue weighted by Gasteiger charge is 2.18. The molecule has 1 atom stereocenters. The molecule has 0 saturated carbocycles. The number of nitrogens with one attached hydrogen (secondary N) is 1. The molecule has 0 aliphatic carbocycles. The van der Waals surface area contributed by atoms with Gasteiger partial charge in [-0.15, -0.1) is 0 Å². The Morgan fingerprint density at radius 2 is 2.10 bits per heavy atom. The van der Waals surface area contributed by atoms with Crippen LogP contribution in [0, 0.1) is 5.92 Å². The molecule has 0 spiro atoms. The van der Waals surface area contributed by atoms with Gasteiger partial charge in [0.1, 0.15) is 0 Å². The molecule has 1 fully saturated rings. The number of hydrogen-bond donors (Lipinski definition) is 1. The Kier molecular flexibility index (Phi) is 7.05. The first-order valence-corrected chi connectivity index (χ1v) is 9.28. The molecular weight excluding hydrogens is 324 g/mol. The molecule has 118 valence electrons. The van der Waals surface area contributed by atoms with Crippen LogP contribution in [-0.2, 0) is 6.54 Å². The molecule has 1 aromatic carbocycles. The van der Waals surface area contributed by atoms with E-state index in [1.165, 1.54) is 60.9 Å². The number of hydrogen-bond acceptors (Lipinski definition) is 2. The topological polar surface area (TPSA) is 15.3 Å². The van der Waals surface area contributed by atoms with Gasteiger partial charge in [-0.1, -0.05) is 36.2 Å². The normalized spacial score (nSPS) is 19.6. The third-order valence-corrected chi connectivity index (χ3v) is 5.04. The molecule has 2 nitrogen and oxygen atoms in total. The van der Waals surface area contributed by atoms with Crippen molar-refractivity contribution < 1.29 is 0 Å². The lowest BCUT2D eigenvalue weighted by Gasteiger charge is -2.26. The fourth-order valence-corrected chi connectivity index (χ4v) is 3.63. The molecule has 1 unspecified atom stereocenters. The Morgan fingerprint density at radius 1 is 1.24 bits per heavy atom. The van der Waals surface area contributed by atoms with Crippen LogP contribution < -0.4 is 10.2 Å². The van der Waals surface area contributed by atoms with Gasteiger partial charge >= 0.3 is 0 Å². The summed E-state index contributed by atoms with van der Waals surface area (Å²) >= 11 is 3.62. The molecule has 1 N–H and O–H groups in total. The average Bonchev–Trinajstić information content (AvgIpc) is 2.73. The summed E-state index contributed by atoms with van der Waals surface area (Å²) in [5.41, 5.74) is 2.85. The molecule has 3 heteroatoms. The average molecular weight is 353 g/mol. The summed E-state index contributed by atoms with van der Waals surface area (Å²) in [7, 11) is 0. The van der Waals surface area contributed by atoms with E-state index >= 15 is 0 Å². The van der Waals surface area contributed by atoms with E-state index < -0.39 is 0 Å². The summed E-state index contributed by atoms with van der Waals surface area (Å²) in [5.74, 6) is 0.923. The molecule has 1 aliphatic heterocycles. The maximum absolute atomic E-state index is 3.62. The van der Waals surface area contributed by atoms with Gasteiger partial charge in [-0.05, 0) is 61.9 Å². The number of rotatable bonds is 6. The molecule has 0 aromatic heterocycles. The maximum atomic E-state index is 3.62. The van der Waals surface area contributed by atoms with Crippen molar-refractivity contribution in [2.24, 2.45) is 5.92 Å². The minimum absolute atomic E-state index is 0.923. The van der Waals surface area contributed by atoms with Crippen molar-refractivity contribution in [2.75, 3.05) is 24.5 Å². The van der Waals surface area contributed by atoms with Crippen LogP contribution >= 0.6 is 15.9 Å². The molecule has 1 aromatic rings. The summed E-state index contributed by atoms with van der Waals surface area (Å²) in [6, 6.07) is 6.75. The van der Waals surface area contributed by atoms with Crippen LogP contribution in [0.25, 0.3) is 0 Å². The Balaban J connectivity index is 2.10. The van der Waals surface area contributed by atoms with E-state index in [-0.39, 0.29) is 0 Å². The lowest BCUT2D eigenvalue weighted by Crippen LogP contribution is -2.26. The van der Waals surface area contributed by atoms with Gasteiger partial charge in [-0.25, -0.2) is 0 Å². The fraction of sp³-hybridized carbons (Fsp3) is 0.667. The van der Waals surface area contributed by atoms with Gasteiger partial charge in [0.25, 0.3) is 0 Å². The van der Waals surface area contributed by atoms with Crippen LogP contribution in [0.15, 0.2) is 22.7 Å². The predicted octanol–water partition coefficient (Wildman–Crippen LogP) is 4.97. The first-order valence-electron chi connectivity index (χ1n) is 8.48. The lowest BCUT2D eigenvalue weighted by atomic mass is 9.98.